The molecule has 0 fully saturated rings. The molecule has 6 nitrogen and oxygen atoms in total. The highest BCUT2D eigenvalue weighted by Crippen LogP contribution is 2.16. The Hall–Kier alpha value is -3.09. The van der Waals surface area contributed by atoms with Crippen molar-refractivity contribution in [2.45, 2.75) is 6.54 Å². The molecule has 1 amide bonds. The van der Waals surface area contributed by atoms with Gasteiger partial charge in [0.25, 0.3) is 5.91 Å². The van der Waals surface area contributed by atoms with E-state index in [1.54, 1.807) is 24.3 Å². The number of hydrogen-bond donors (Lipinski definition) is 2. The molecule has 3 rings (SSSR count). The van der Waals surface area contributed by atoms with Gasteiger partial charge in [0.15, 0.2) is 0 Å². The minimum absolute atomic E-state index is 0.251. The quantitative estimate of drug-likeness (QED) is 0.751. The van der Waals surface area contributed by atoms with Crippen molar-refractivity contribution in [3.05, 3.63) is 64.3 Å². The number of halogens is 1. The first-order valence-corrected chi connectivity index (χ1v) is 7.39. The van der Waals surface area contributed by atoms with E-state index < -0.39 is 5.82 Å². The van der Waals surface area contributed by atoms with E-state index in [0.717, 1.165) is 0 Å². The van der Waals surface area contributed by atoms with E-state index in [1.165, 1.54) is 29.9 Å². The summed E-state index contributed by atoms with van der Waals surface area (Å²) in [5, 5.41) is 2.75. The van der Waals surface area contributed by atoms with E-state index in [-0.39, 0.29) is 24.7 Å². The van der Waals surface area contributed by atoms with E-state index >= 15 is 0 Å². The fraction of sp³-hybridized carbons (Fsp3) is 0.176. The lowest BCUT2D eigenvalue weighted by Crippen LogP contribution is -2.30. The minimum atomic E-state index is -0.416. The SMILES string of the molecule is COc1ccccc1C(=O)NCCn1c(=O)[nH]c2cc(F)ccc21. The van der Waals surface area contributed by atoms with Gasteiger partial charge >= 0.3 is 5.69 Å². The number of fused-ring (bicyclic) bond motifs is 1. The van der Waals surface area contributed by atoms with Crippen molar-refractivity contribution >= 4 is 16.9 Å². The van der Waals surface area contributed by atoms with E-state index in [1.807, 2.05) is 0 Å². The Labute approximate surface area is 136 Å². The van der Waals surface area contributed by atoms with Crippen molar-refractivity contribution in [3.63, 3.8) is 0 Å². The van der Waals surface area contributed by atoms with Crippen LogP contribution in [0.3, 0.4) is 0 Å². The van der Waals surface area contributed by atoms with Crippen LogP contribution in [-0.2, 0) is 6.54 Å². The third kappa shape index (κ3) is 3.01. The maximum absolute atomic E-state index is 13.2. The maximum atomic E-state index is 13.2. The lowest BCUT2D eigenvalue weighted by atomic mass is 10.2. The van der Waals surface area contributed by atoms with E-state index in [4.69, 9.17) is 4.74 Å². The van der Waals surface area contributed by atoms with Crippen molar-refractivity contribution in [3.8, 4) is 5.75 Å². The molecule has 0 radical (unpaired) electrons. The average molecular weight is 329 g/mol. The third-order valence-electron chi connectivity index (χ3n) is 3.71. The zero-order valence-electron chi connectivity index (χ0n) is 13.0. The van der Waals surface area contributed by atoms with Gasteiger partial charge in [0.2, 0.25) is 0 Å². The van der Waals surface area contributed by atoms with Crippen molar-refractivity contribution in [2.75, 3.05) is 13.7 Å². The number of H-pyrrole nitrogens is 1. The number of carbonyl (C=O) groups excluding carboxylic acids is 1. The van der Waals surface area contributed by atoms with Crippen LogP contribution in [0.15, 0.2) is 47.3 Å². The molecule has 0 unspecified atom stereocenters. The molecule has 1 aromatic heterocycles. The number of hydrogen-bond acceptors (Lipinski definition) is 3. The zero-order valence-corrected chi connectivity index (χ0v) is 13.0. The number of imidazole rings is 1. The summed E-state index contributed by atoms with van der Waals surface area (Å²) in [6.07, 6.45) is 0. The molecule has 0 bridgehead atoms. The van der Waals surface area contributed by atoms with Crippen LogP contribution in [0.4, 0.5) is 4.39 Å². The van der Waals surface area contributed by atoms with Gasteiger partial charge in [-0.15, -0.1) is 0 Å². The van der Waals surface area contributed by atoms with Gasteiger partial charge in [-0.1, -0.05) is 12.1 Å². The van der Waals surface area contributed by atoms with Crippen LogP contribution in [-0.4, -0.2) is 29.1 Å². The largest absolute Gasteiger partial charge is 0.496 e. The topological polar surface area (TPSA) is 76.1 Å². The average Bonchev–Trinajstić information content (AvgIpc) is 2.89. The highest BCUT2D eigenvalue weighted by atomic mass is 19.1. The molecule has 0 saturated carbocycles. The van der Waals surface area contributed by atoms with Gasteiger partial charge in [-0.25, -0.2) is 9.18 Å². The first-order valence-electron chi connectivity index (χ1n) is 7.39. The maximum Gasteiger partial charge on any atom is 0.326 e. The second-order valence-corrected chi connectivity index (χ2v) is 5.20. The summed E-state index contributed by atoms with van der Waals surface area (Å²) < 4.78 is 19.8. The normalized spacial score (nSPS) is 10.8. The molecule has 7 heteroatoms. The van der Waals surface area contributed by atoms with Gasteiger partial charge in [0, 0.05) is 13.1 Å². The molecule has 0 atom stereocenters. The molecular formula is C17H16FN3O3. The van der Waals surface area contributed by atoms with Gasteiger partial charge in [-0.2, -0.15) is 0 Å². The summed E-state index contributed by atoms with van der Waals surface area (Å²) in [4.78, 5) is 26.7. The Morgan fingerprint density at radius 1 is 1.29 bits per heavy atom. The van der Waals surface area contributed by atoms with Gasteiger partial charge in [0.05, 0.1) is 23.7 Å². The van der Waals surface area contributed by atoms with Crippen LogP contribution < -0.4 is 15.7 Å². The van der Waals surface area contributed by atoms with Crippen molar-refractivity contribution in [2.24, 2.45) is 0 Å². The molecule has 2 aromatic carbocycles. The Bertz CT molecular complexity index is 946. The van der Waals surface area contributed by atoms with Crippen molar-refractivity contribution < 1.29 is 13.9 Å². The first kappa shape index (κ1) is 15.8. The summed E-state index contributed by atoms with van der Waals surface area (Å²) in [6, 6.07) is 11.0. The van der Waals surface area contributed by atoms with Crippen LogP contribution in [0.2, 0.25) is 0 Å². The number of methoxy groups -OCH3 is 1. The van der Waals surface area contributed by atoms with E-state index in [0.29, 0.717) is 22.3 Å². The highest BCUT2D eigenvalue weighted by molar-refractivity contribution is 5.96. The van der Waals surface area contributed by atoms with Gasteiger partial charge in [-0.3, -0.25) is 9.36 Å². The molecule has 0 aliphatic rings. The number of nitrogens with one attached hydrogen (secondary N) is 2. The number of benzene rings is 2. The second kappa shape index (κ2) is 6.57. The molecule has 3 aromatic rings. The summed E-state index contributed by atoms with van der Waals surface area (Å²) in [5.41, 5.74) is 1.10. The van der Waals surface area contributed by atoms with E-state index in [9.17, 15) is 14.0 Å². The zero-order chi connectivity index (χ0) is 17.1. The number of aromatic nitrogens is 2. The monoisotopic (exact) mass is 329 g/mol. The number of amides is 1. The number of ether oxygens (including phenoxy) is 1. The number of nitrogens with zero attached hydrogens (tertiary/aromatic N) is 1. The lowest BCUT2D eigenvalue weighted by Gasteiger charge is -2.09. The Balaban J connectivity index is 1.72. The predicted molar refractivity (Wildman–Crippen MR) is 87.8 cm³/mol. The molecule has 0 spiro atoms. The first-order chi connectivity index (χ1) is 11.6. The smallest absolute Gasteiger partial charge is 0.326 e. The molecule has 0 aliphatic heterocycles. The molecule has 0 saturated heterocycles. The molecule has 124 valence electrons. The van der Waals surface area contributed by atoms with Crippen LogP contribution in [0.25, 0.3) is 11.0 Å². The number of aromatic amines is 1. The van der Waals surface area contributed by atoms with Crippen LogP contribution in [0.5, 0.6) is 5.75 Å². The lowest BCUT2D eigenvalue weighted by molar-refractivity contribution is 0.0949. The van der Waals surface area contributed by atoms with Crippen LogP contribution in [0.1, 0.15) is 10.4 Å². The fourth-order valence-corrected chi connectivity index (χ4v) is 2.57. The van der Waals surface area contributed by atoms with Crippen LogP contribution in [0, 0.1) is 5.82 Å². The van der Waals surface area contributed by atoms with Gasteiger partial charge in [-0.05, 0) is 30.3 Å². The number of carbonyl (C=O) groups is 1. The summed E-state index contributed by atoms with van der Waals surface area (Å²) >= 11 is 0. The van der Waals surface area contributed by atoms with Crippen LogP contribution >= 0.6 is 0 Å². The summed E-state index contributed by atoms with van der Waals surface area (Å²) in [5.74, 6) is -0.221. The summed E-state index contributed by atoms with van der Waals surface area (Å²) in [6.45, 7) is 0.520. The fourth-order valence-electron chi connectivity index (χ4n) is 2.57. The van der Waals surface area contributed by atoms with Crippen molar-refractivity contribution in [1.82, 2.24) is 14.9 Å². The summed E-state index contributed by atoms with van der Waals surface area (Å²) in [7, 11) is 1.50. The second-order valence-electron chi connectivity index (χ2n) is 5.20. The minimum Gasteiger partial charge on any atom is -0.496 e. The molecule has 0 aliphatic carbocycles. The van der Waals surface area contributed by atoms with Gasteiger partial charge < -0.3 is 15.0 Å². The Morgan fingerprint density at radius 2 is 2.08 bits per heavy atom. The van der Waals surface area contributed by atoms with Gasteiger partial charge in [0.1, 0.15) is 11.6 Å². The highest BCUT2D eigenvalue weighted by Gasteiger charge is 2.12. The Morgan fingerprint density at radius 3 is 2.88 bits per heavy atom. The van der Waals surface area contributed by atoms with Crippen molar-refractivity contribution in [1.29, 1.82) is 0 Å². The number of rotatable bonds is 5. The molecule has 24 heavy (non-hydrogen) atoms. The number of para-hydroxylation sites is 1. The third-order valence-corrected chi connectivity index (χ3v) is 3.71. The molecular weight excluding hydrogens is 313 g/mol. The molecule has 1 heterocycles. The molecule has 2 N–H and O–H groups in total. The Kier molecular flexibility index (Phi) is 4.33. The van der Waals surface area contributed by atoms with E-state index in [2.05, 4.69) is 10.3 Å². The standard InChI is InChI=1S/C17H16FN3O3/c1-24-15-5-3-2-4-12(15)16(22)19-8-9-21-14-7-6-11(18)10-13(14)20-17(21)23/h2-7,10H,8-9H2,1H3,(H,19,22)(H,20,23). The predicted octanol–water partition coefficient (Wildman–Crippen LogP) is 1.91.